The van der Waals surface area contributed by atoms with Gasteiger partial charge in [0.2, 0.25) is 0 Å². The maximum atomic E-state index is 13.0. The first kappa shape index (κ1) is 25.5. The Bertz CT molecular complexity index is 1230. The normalized spacial score (nSPS) is 17.4. The van der Waals surface area contributed by atoms with Gasteiger partial charge in [-0.25, -0.2) is 4.99 Å². The van der Waals surface area contributed by atoms with E-state index in [4.69, 9.17) is 9.73 Å². The number of Topliss-reactive ketones (excluding diaryl/α,β-unsaturated/α-hetero) is 2. The van der Waals surface area contributed by atoms with E-state index in [1.165, 1.54) is 0 Å². The topological polar surface area (TPSA) is 91.4 Å². The number of rotatable bonds is 11. The number of nitrogens with zero attached hydrogens (tertiary/aromatic N) is 2. The van der Waals surface area contributed by atoms with Gasteiger partial charge in [-0.3, -0.25) is 14.4 Å². The van der Waals surface area contributed by atoms with E-state index < -0.39 is 0 Å². The number of ketones is 2. The molecule has 1 unspecified atom stereocenters. The molecule has 0 bridgehead atoms. The lowest BCUT2D eigenvalue weighted by molar-refractivity contribution is -0.120. The zero-order chi connectivity index (χ0) is 25.7. The Labute approximate surface area is 212 Å². The van der Waals surface area contributed by atoms with Crippen LogP contribution in [0.1, 0.15) is 54.6 Å². The number of amides is 1. The fraction of sp³-hybridized carbons (Fsp3) is 0.379. The number of benzene rings is 2. The van der Waals surface area contributed by atoms with Gasteiger partial charge < -0.3 is 15.0 Å². The first-order valence-electron chi connectivity index (χ1n) is 12.7. The van der Waals surface area contributed by atoms with Crippen molar-refractivity contribution in [3.63, 3.8) is 0 Å². The Hall–Kier alpha value is -3.58. The number of hydrogen-bond donors (Lipinski definition) is 1. The van der Waals surface area contributed by atoms with Gasteiger partial charge in [-0.15, -0.1) is 0 Å². The van der Waals surface area contributed by atoms with Gasteiger partial charge in [0.05, 0.1) is 23.6 Å². The molecule has 1 N–H and O–H groups in total. The van der Waals surface area contributed by atoms with Crippen molar-refractivity contribution in [2.45, 2.75) is 46.1 Å². The number of nitrogens with one attached hydrogen (secondary N) is 1. The van der Waals surface area contributed by atoms with E-state index in [1.54, 1.807) is 18.2 Å². The van der Waals surface area contributed by atoms with Crippen LogP contribution in [0.25, 0.3) is 0 Å². The summed E-state index contributed by atoms with van der Waals surface area (Å²) in [5, 5.41) is 2.85. The van der Waals surface area contributed by atoms with Crippen LogP contribution in [0.4, 0.5) is 11.4 Å². The van der Waals surface area contributed by atoms with Crippen LogP contribution in [-0.4, -0.2) is 55.5 Å². The van der Waals surface area contributed by atoms with Gasteiger partial charge in [-0.2, -0.15) is 0 Å². The second-order valence-electron chi connectivity index (χ2n) is 9.13. The molecule has 0 saturated carbocycles. The number of epoxide rings is 1. The molecule has 36 heavy (non-hydrogen) atoms. The molecular weight excluding hydrogens is 454 g/mol. The third-order valence-electron chi connectivity index (χ3n) is 6.52. The molecule has 1 heterocycles. The molecule has 0 spiro atoms. The number of unbranched alkanes of at least 4 members (excludes halogenated alkanes) is 1. The van der Waals surface area contributed by atoms with Crippen LogP contribution in [0.5, 0.6) is 0 Å². The number of allylic oxidation sites excluding steroid dienone is 1. The van der Waals surface area contributed by atoms with E-state index >= 15 is 0 Å². The number of carbonyl (C=O) groups is 3. The van der Waals surface area contributed by atoms with Crippen LogP contribution in [0, 0.1) is 6.92 Å². The summed E-state index contributed by atoms with van der Waals surface area (Å²) in [5.41, 5.74) is 4.64. The highest BCUT2D eigenvalue weighted by atomic mass is 16.6. The molecule has 1 amide bonds. The summed E-state index contributed by atoms with van der Waals surface area (Å²) in [6, 6.07) is 13.3. The molecule has 1 saturated heterocycles. The summed E-state index contributed by atoms with van der Waals surface area (Å²) in [6.07, 6.45) is 3.66. The summed E-state index contributed by atoms with van der Waals surface area (Å²) in [7, 11) is 0. The molecule has 4 rings (SSSR count). The van der Waals surface area contributed by atoms with Crippen LogP contribution in [0.3, 0.4) is 0 Å². The standard InChI is InChI=1S/C29H33N3O4/c1-4-6-14-30-29(35)23-17-25(21-9-7-8-10-22(21)28(23)34)31-24-12-11-20(16-19(24)3)32(5-2)15-13-26(33)27-18-36-27/h7-12,16-17,27H,4-6,13-15,18H2,1-3H3,(H,30,35). The molecule has 2 aliphatic rings. The van der Waals surface area contributed by atoms with Gasteiger partial charge in [-0.05, 0) is 50.1 Å². The number of aliphatic imine (C=N–C) groups is 1. The second-order valence-corrected chi connectivity index (χ2v) is 9.13. The molecule has 1 aliphatic heterocycles. The Morgan fingerprint density at radius 3 is 2.56 bits per heavy atom. The first-order valence-corrected chi connectivity index (χ1v) is 12.7. The van der Waals surface area contributed by atoms with Gasteiger partial charge in [-0.1, -0.05) is 37.6 Å². The number of aryl methyl sites for hydroxylation is 1. The van der Waals surface area contributed by atoms with Crippen molar-refractivity contribution in [2.75, 3.05) is 31.1 Å². The Morgan fingerprint density at radius 1 is 1.14 bits per heavy atom. The predicted octanol–water partition coefficient (Wildman–Crippen LogP) is 4.34. The maximum absolute atomic E-state index is 13.0. The van der Waals surface area contributed by atoms with Crippen molar-refractivity contribution in [3.05, 3.63) is 70.8 Å². The number of hydrogen-bond acceptors (Lipinski definition) is 6. The minimum atomic E-state index is -0.368. The highest BCUT2D eigenvalue weighted by molar-refractivity contribution is 6.35. The van der Waals surface area contributed by atoms with E-state index in [2.05, 4.69) is 23.2 Å². The Balaban J connectivity index is 1.60. The molecule has 0 aromatic heterocycles. The van der Waals surface area contributed by atoms with Crippen molar-refractivity contribution < 1.29 is 19.1 Å². The average molecular weight is 488 g/mol. The molecule has 7 nitrogen and oxygen atoms in total. The van der Waals surface area contributed by atoms with Crippen molar-refractivity contribution in [3.8, 4) is 0 Å². The minimum absolute atomic E-state index is 0.110. The quantitative estimate of drug-likeness (QED) is 0.289. The smallest absolute Gasteiger partial charge is 0.255 e. The van der Waals surface area contributed by atoms with E-state index in [1.807, 2.05) is 38.1 Å². The Kier molecular flexibility index (Phi) is 8.10. The van der Waals surface area contributed by atoms with E-state index in [0.29, 0.717) is 43.0 Å². The highest BCUT2D eigenvalue weighted by Gasteiger charge is 2.31. The zero-order valence-electron chi connectivity index (χ0n) is 21.2. The zero-order valence-corrected chi connectivity index (χ0v) is 21.2. The minimum Gasteiger partial charge on any atom is -0.371 e. The van der Waals surface area contributed by atoms with E-state index in [9.17, 15) is 14.4 Å². The molecule has 1 fully saturated rings. The van der Waals surface area contributed by atoms with Crippen molar-refractivity contribution in [2.24, 2.45) is 4.99 Å². The van der Waals surface area contributed by atoms with Crippen LogP contribution >= 0.6 is 0 Å². The molecule has 2 aromatic rings. The predicted molar refractivity (Wildman–Crippen MR) is 141 cm³/mol. The van der Waals surface area contributed by atoms with Crippen molar-refractivity contribution in [1.29, 1.82) is 0 Å². The van der Waals surface area contributed by atoms with Crippen LogP contribution in [0.15, 0.2) is 59.1 Å². The van der Waals surface area contributed by atoms with Gasteiger partial charge in [0.15, 0.2) is 11.6 Å². The lowest BCUT2D eigenvalue weighted by Crippen LogP contribution is -2.32. The lowest BCUT2D eigenvalue weighted by atomic mass is 9.88. The van der Waals surface area contributed by atoms with Gasteiger partial charge in [0, 0.05) is 42.9 Å². The third-order valence-corrected chi connectivity index (χ3v) is 6.52. The van der Waals surface area contributed by atoms with Crippen LogP contribution in [-0.2, 0) is 14.3 Å². The van der Waals surface area contributed by atoms with Crippen LogP contribution in [0.2, 0.25) is 0 Å². The number of fused-ring (bicyclic) bond motifs is 1. The molecule has 1 atom stereocenters. The van der Waals surface area contributed by atoms with Gasteiger partial charge >= 0.3 is 0 Å². The highest BCUT2D eigenvalue weighted by Crippen LogP contribution is 2.29. The van der Waals surface area contributed by atoms with E-state index in [-0.39, 0.29) is 29.2 Å². The molecule has 0 radical (unpaired) electrons. The fourth-order valence-corrected chi connectivity index (χ4v) is 4.27. The molecule has 1 aliphatic carbocycles. The number of carbonyl (C=O) groups excluding carboxylic acids is 3. The maximum Gasteiger partial charge on any atom is 0.255 e. The summed E-state index contributed by atoms with van der Waals surface area (Å²) in [4.78, 5) is 44.9. The van der Waals surface area contributed by atoms with E-state index in [0.717, 1.165) is 36.3 Å². The largest absolute Gasteiger partial charge is 0.371 e. The second kappa shape index (κ2) is 11.4. The first-order chi connectivity index (χ1) is 17.4. The summed E-state index contributed by atoms with van der Waals surface area (Å²) >= 11 is 0. The fourth-order valence-electron chi connectivity index (χ4n) is 4.27. The van der Waals surface area contributed by atoms with Crippen molar-refractivity contribution >= 4 is 34.6 Å². The summed E-state index contributed by atoms with van der Waals surface area (Å²) < 4.78 is 5.09. The molecule has 188 valence electrons. The third kappa shape index (κ3) is 5.79. The van der Waals surface area contributed by atoms with Gasteiger partial charge in [0.1, 0.15) is 6.10 Å². The van der Waals surface area contributed by atoms with Crippen molar-refractivity contribution in [1.82, 2.24) is 5.32 Å². The molecular formula is C29H33N3O4. The number of ether oxygens (including phenoxy) is 1. The molecule has 7 heteroatoms. The SMILES string of the molecule is CCCCNC(=O)C1=CC(=Nc2ccc(N(CC)CCC(=O)C3CO3)cc2C)c2ccccc2C1=O. The lowest BCUT2D eigenvalue weighted by Gasteiger charge is -2.23. The van der Waals surface area contributed by atoms with Crippen LogP contribution < -0.4 is 10.2 Å². The van der Waals surface area contributed by atoms with Gasteiger partial charge in [0.25, 0.3) is 5.91 Å². The molecule has 2 aromatic carbocycles. The summed E-state index contributed by atoms with van der Waals surface area (Å²) in [6.45, 7) is 8.59. The summed E-state index contributed by atoms with van der Waals surface area (Å²) in [5.74, 6) is -0.497. The Morgan fingerprint density at radius 2 is 1.89 bits per heavy atom. The average Bonchev–Trinajstić information content (AvgIpc) is 3.73. The monoisotopic (exact) mass is 487 g/mol. The number of anilines is 1.